The first-order valence-corrected chi connectivity index (χ1v) is 12.8. The minimum Gasteiger partial charge on any atom is -0.497 e. The van der Waals surface area contributed by atoms with Gasteiger partial charge in [0.2, 0.25) is 5.91 Å². The molecule has 0 spiro atoms. The first-order valence-electron chi connectivity index (χ1n) is 12.8. The highest BCUT2D eigenvalue weighted by atomic mass is 16.5. The van der Waals surface area contributed by atoms with Crippen molar-refractivity contribution in [2.45, 2.75) is 38.6 Å². The molecule has 37 heavy (non-hydrogen) atoms. The first kappa shape index (κ1) is 26.1. The fourth-order valence-corrected chi connectivity index (χ4v) is 4.27. The number of aromatic nitrogens is 2. The molecule has 7 heteroatoms. The van der Waals surface area contributed by atoms with E-state index >= 15 is 0 Å². The molecule has 0 aliphatic carbocycles. The van der Waals surface area contributed by atoms with Gasteiger partial charge in [-0.15, -0.1) is 0 Å². The Morgan fingerprint density at radius 2 is 1.51 bits per heavy atom. The van der Waals surface area contributed by atoms with Gasteiger partial charge in [-0.2, -0.15) is 0 Å². The van der Waals surface area contributed by atoms with Crippen LogP contribution in [-0.4, -0.2) is 42.8 Å². The Morgan fingerprint density at radius 1 is 0.838 bits per heavy atom. The Morgan fingerprint density at radius 3 is 2.24 bits per heavy atom. The highest BCUT2D eigenvalue weighted by Gasteiger charge is 2.11. The van der Waals surface area contributed by atoms with Gasteiger partial charge in [0.1, 0.15) is 23.1 Å². The number of fused-ring (bicyclic) bond motifs is 1. The number of benzene rings is 3. The number of unbranched alkanes of at least 4 members (excludes halogenated alkanes) is 1. The van der Waals surface area contributed by atoms with E-state index in [9.17, 15) is 4.79 Å². The maximum Gasteiger partial charge on any atom is 0.224 e. The molecule has 7 nitrogen and oxygen atoms in total. The number of imidazole rings is 1. The highest BCUT2D eigenvalue weighted by molar-refractivity contribution is 5.78. The van der Waals surface area contributed by atoms with Crippen molar-refractivity contribution in [2.75, 3.05) is 27.4 Å². The zero-order valence-electron chi connectivity index (χ0n) is 21.6. The van der Waals surface area contributed by atoms with E-state index in [-0.39, 0.29) is 5.91 Å². The van der Waals surface area contributed by atoms with Crippen molar-refractivity contribution in [3.8, 4) is 17.2 Å². The lowest BCUT2D eigenvalue weighted by Gasteiger charge is -2.11. The van der Waals surface area contributed by atoms with E-state index in [1.54, 1.807) is 14.2 Å². The van der Waals surface area contributed by atoms with Crippen LogP contribution < -0.4 is 19.5 Å². The van der Waals surface area contributed by atoms with Crippen molar-refractivity contribution in [1.82, 2.24) is 14.9 Å². The first-order chi connectivity index (χ1) is 18.2. The predicted octanol–water partition coefficient (Wildman–Crippen LogP) is 5.20. The summed E-state index contributed by atoms with van der Waals surface area (Å²) in [6.07, 6.45) is 3.93. The second-order valence-corrected chi connectivity index (χ2v) is 8.88. The molecule has 1 aromatic heterocycles. The Balaban J connectivity index is 1.24. The maximum atomic E-state index is 12.3. The van der Waals surface area contributed by atoms with Gasteiger partial charge >= 0.3 is 0 Å². The number of carbonyl (C=O) groups is 1. The van der Waals surface area contributed by atoms with Crippen LogP contribution in [0, 0.1) is 0 Å². The smallest absolute Gasteiger partial charge is 0.224 e. The fraction of sp³-hybridized carbons (Fsp3) is 0.333. The van der Waals surface area contributed by atoms with Crippen LogP contribution in [0.2, 0.25) is 0 Å². The summed E-state index contributed by atoms with van der Waals surface area (Å²) < 4.78 is 18.5. The van der Waals surface area contributed by atoms with Crippen LogP contribution in [0.25, 0.3) is 11.0 Å². The number of nitrogens with zero attached hydrogens (tertiary/aromatic N) is 2. The summed E-state index contributed by atoms with van der Waals surface area (Å²) in [7, 11) is 3.29. The van der Waals surface area contributed by atoms with Gasteiger partial charge in [-0.25, -0.2) is 4.98 Å². The third-order valence-electron chi connectivity index (χ3n) is 6.26. The minimum absolute atomic E-state index is 0.0236. The van der Waals surface area contributed by atoms with Gasteiger partial charge in [0.15, 0.2) is 0 Å². The van der Waals surface area contributed by atoms with Crippen molar-refractivity contribution in [3.63, 3.8) is 0 Å². The van der Waals surface area contributed by atoms with Gasteiger partial charge in [0.25, 0.3) is 0 Å². The number of aryl methyl sites for hydroxylation is 2. The van der Waals surface area contributed by atoms with Crippen molar-refractivity contribution >= 4 is 16.9 Å². The molecule has 0 saturated heterocycles. The summed E-state index contributed by atoms with van der Waals surface area (Å²) in [6, 6.07) is 23.5. The van der Waals surface area contributed by atoms with Gasteiger partial charge < -0.3 is 24.1 Å². The van der Waals surface area contributed by atoms with Gasteiger partial charge in [0.05, 0.1) is 38.3 Å². The molecular weight excluding hydrogens is 466 g/mol. The fourth-order valence-electron chi connectivity index (χ4n) is 4.27. The third-order valence-corrected chi connectivity index (χ3v) is 6.26. The number of para-hydroxylation sites is 2. The molecule has 0 fully saturated rings. The van der Waals surface area contributed by atoms with Crippen molar-refractivity contribution in [3.05, 3.63) is 84.2 Å². The lowest BCUT2D eigenvalue weighted by molar-refractivity contribution is -0.120. The quantitative estimate of drug-likeness (QED) is 0.240. The Bertz CT molecular complexity index is 1270. The Labute approximate surface area is 218 Å². The van der Waals surface area contributed by atoms with E-state index in [1.165, 1.54) is 0 Å². The monoisotopic (exact) mass is 501 g/mol. The van der Waals surface area contributed by atoms with Crippen LogP contribution in [0.4, 0.5) is 0 Å². The molecule has 1 heterocycles. The van der Waals surface area contributed by atoms with E-state index in [2.05, 4.69) is 28.1 Å². The van der Waals surface area contributed by atoms with Crippen LogP contribution in [-0.2, 0) is 24.2 Å². The van der Waals surface area contributed by atoms with Gasteiger partial charge in [-0.1, -0.05) is 24.3 Å². The molecule has 1 amide bonds. The molecule has 0 unspecified atom stereocenters. The predicted molar refractivity (Wildman–Crippen MR) is 145 cm³/mol. The van der Waals surface area contributed by atoms with Crippen molar-refractivity contribution in [1.29, 1.82) is 0 Å². The zero-order chi connectivity index (χ0) is 25.9. The van der Waals surface area contributed by atoms with Gasteiger partial charge in [-0.3, -0.25) is 4.79 Å². The van der Waals surface area contributed by atoms with Crippen LogP contribution in [0.3, 0.4) is 0 Å². The van der Waals surface area contributed by atoms with Gasteiger partial charge in [-0.05, 0) is 73.4 Å². The van der Waals surface area contributed by atoms with Crippen LogP contribution >= 0.6 is 0 Å². The van der Waals surface area contributed by atoms with E-state index in [4.69, 9.17) is 19.2 Å². The number of rotatable bonds is 14. The van der Waals surface area contributed by atoms with E-state index in [0.29, 0.717) is 19.6 Å². The summed E-state index contributed by atoms with van der Waals surface area (Å²) in [6.45, 7) is 2.16. The topological polar surface area (TPSA) is 74.6 Å². The molecule has 4 rings (SSSR count). The average Bonchev–Trinajstić information content (AvgIpc) is 3.29. The van der Waals surface area contributed by atoms with Gasteiger partial charge in [0, 0.05) is 19.5 Å². The lowest BCUT2D eigenvalue weighted by Crippen LogP contribution is -2.26. The van der Waals surface area contributed by atoms with E-state index in [0.717, 1.165) is 71.9 Å². The second kappa shape index (κ2) is 13.3. The zero-order valence-corrected chi connectivity index (χ0v) is 21.6. The number of carbonyl (C=O) groups excluding carboxylic acids is 1. The number of nitrogens with one attached hydrogen (secondary N) is 1. The molecule has 0 saturated carbocycles. The van der Waals surface area contributed by atoms with Crippen molar-refractivity contribution < 1.29 is 19.0 Å². The SMILES string of the molecule is COc1ccc(CC(=O)NCCCc2nc3ccccc3n2CCCCOc2ccc(OC)cc2)cc1. The number of hydrogen-bond donors (Lipinski definition) is 1. The normalized spacial score (nSPS) is 10.9. The number of methoxy groups -OCH3 is 2. The molecule has 0 atom stereocenters. The molecule has 1 N–H and O–H groups in total. The summed E-state index contributed by atoms with van der Waals surface area (Å²) in [5.74, 6) is 3.54. The second-order valence-electron chi connectivity index (χ2n) is 8.88. The molecule has 4 aromatic rings. The van der Waals surface area contributed by atoms with E-state index < -0.39 is 0 Å². The van der Waals surface area contributed by atoms with Crippen LogP contribution in [0.5, 0.6) is 17.2 Å². The molecule has 0 aliphatic rings. The van der Waals surface area contributed by atoms with Crippen molar-refractivity contribution in [2.24, 2.45) is 0 Å². The van der Waals surface area contributed by atoms with Crippen LogP contribution in [0.1, 0.15) is 30.7 Å². The van der Waals surface area contributed by atoms with Crippen LogP contribution in [0.15, 0.2) is 72.8 Å². The minimum atomic E-state index is 0.0236. The summed E-state index contributed by atoms with van der Waals surface area (Å²) in [5.41, 5.74) is 3.13. The maximum absolute atomic E-state index is 12.3. The number of amides is 1. The Hall–Kier alpha value is -4.00. The largest absolute Gasteiger partial charge is 0.497 e. The summed E-state index contributed by atoms with van der Waals surface area (Å²) in [4.78, 5) is 17.2. The lowest BCUT2D eigenvalue weighted by atomic mass is 10.1. The number of hydrogen-bond acceptors (Lipinski definition) is 5. The number of ether oxygens (including phenoxy) is 3. The molecule has 0 bridgehead atoms. The molecule has 3 aromatic carbocycles. The molecule has 0 aliphatic heterocycles. The standard InChI is InChI=1S/C30H35N3O4/c1-35-24-13-11-23(12-14-24)22-30(34)31-19-7-10-29-32-27-8-3-4-9-28(27)33(29)20-5-6-21-37-26-17-15-25(36-2)16-18-26/h3-4,8-9,11-18H,5-7,10,19-22H2,1-2H3,(H,31,34). The molecule has 194 valence electrons. The summed E-state index contributed by atoms with van der Waals surface area (Å²) in [5, 5.41) is 3.03. The van der Waals surface area contributed by atoms with E-state index in [1.807, 2.05) is 54.6 Å². The average molecular weight is 502 g/mol. The summed E-state index contributed by atoms with van der Waals surface area (Å²) >= 11 is 0. The third kappa shape index (κ3) is 7.49. The Kier molecular flexibility index (Phi) is 9.41. The molecule has 0 radical (unpaired) electrons. The molecular formula is C30H35N3O4. The highest BCUT2D eigenvalue weighted by Crippen LogP contribution is 2.20.